The second-order valence-corrected chi connectivity index (χ2v) is 2.08. The van der Waals surface area contributed by atoms with Crippen molar-refractivity contribution in [1.82, 2.24) is 0 Å². The molecule has 1 radical (unpaired) electrons. The normalized spacial score (nSPS) is 13.5. The highest BCUT2D eigenvalue weighted by Crippen LogP contribution is 2.01. The van der Waals surface area contributed by atoms with Crippen molar-refractivity contribution >= 4 is 0 Å². The first-order chi connectivity index (χ1) is 4.85. The van der Waals surface area contributed by atoms with Crippen molar-refractivity contribution in [3.8, 4) is 0 Å². The summed E-state index contributed by atoms with van der Waals surface area (Å²) in [5.41, 5.74) is 0. The van der Waals surface area contributed by atoms with E-state index in [2.05, 4.69) is 6.92 Å². The third-order valence-corrected chi connectivity index (χ3v) is 1.13. The lowest BCUT2D eigenvalue weighted by Gasteiger charge is -2.14. The molecule has 2 heteroatoms. The van der Waals surface area contributed by atoms with E-state index in [1.165, 1.54) is 0 Å². The van der Waals surface area contributed by atoms with Crippen molar-refractivity contribution < 1.29 is 9.47 Å². The average molecular weight is 145 g/mol. The van der Waals surface area contributed by atoms with E-state index in [-0.39, 0.29) is 6.29 Å². The highest BCUT2D eigenvalue weighted by molar-refractivity contribution is 4.43. The van der Waals surface area contributed by atoms with Crippen LogP contribution in [0.1, 0.15) is 33.6 Å². The Bertz CT molecular complexity index is 64.3. The third kappa shape index (κ3) is 4.77. The van der Waals surface area contributed by atoms with Crippen molar-refractivity contribution in [2.45, 2.75) is 39.9 Å². The van der Waals surface area contributed by atoms with Crippen LogP contribution in [0.3, 0.4) is 0 Å². The third-order valence-electron chi connectivity index (χ3n) is 1.13. The SMILES string of the molecule is C[CH]OC(CC)OCCC. The quantitative estimate of drug-likeness (QED) is 0.534. The molecule has 0 amide bonds. The van der Waals surface area contributed by atoms with Crippen LogP contribution < -0.4 is 0 Å². The van der Waals surface area contributed by atoms with E-state index < -0.39 is 0 Å². The first-order valence-electron chi connectivity index (χ1n) is 3.90. The molecule has 0 aromatic carbocycles. The molecule has 0 bridgehead atoms. The smallest absolute Gasteiger partial charge is 0.157 e. The lowest BCUT2D eigenvalue weighted by atomic mass is 10.4. The van der Waals surface area contributed by atoms with E-state index in [4.69, 9.17) is 9.47 Å². The van der Waals surface area contributed by atoms with Crippen LogP contribution in [0.2, 0.25) is 0 Å². The minimum atomic E-state index is -0.0371. The Balaban J connectivity index is 3.21. The van der Waals surface area contributed by atoms with E-state index in [1.54, 1.807) is 6.61 Å². The molecule has 0 aromatic heterocycles. The van der Waals surface area contributed by atoms with Crippen molar-refractivity contribution in [3.05, 3.63) is 6.61 Å². The van der Waals surface area contributed by atoms with Gasteiger partial charge in [-0.1, -0.05) is 13.8 Å². The topological polar surface area (TPSA) is 18.5 Å². The molecule has 1 atom stereocenters. The predicted octanol–water partition coefficient (Wildman–Crippen LogP) is 2.35. The molecule has 61 valence electrons. The molecular weight excluding hydrogens is 128 g/mol. The van der Waals surface area contributed by atoms with Gasteiger partial charge in [-0.05, 0) is 19.8 Å². The van der Waals surface area contributed by atoms with E-state index in [1.807, 2.05) is 13.8 Å². The number of rotatable bonds is 6. The van der Waals surface area contributed by atoms with Gasteiger partial charge in [-0.25, -0.2) is 0 Å². The number of hydrogen-bond acceptors (Lipinski definition) is 2. The molecule has 0 rings (SSSR count). The van der Waals surface area contributed by atoms with Crippen LogP contribution in [0, 0.1) is 6.61 Å². The minimum absolute atomic E-state index is 0.0371. The molecule has 0 aromatic rings. The molecule has 0 aliphatic heterocycles. The summed E-state index contributed by atoms with van der Waals surface area (Å²) in [7, 11) is 0. The maximum absolute atomic E-state index is 5.33. The maximum Gasteiger partial charge on any atom is 0.157 e. The molecule has 0 aliphatic rings. The molecular formula is C8H17O2. The van der Waals surface area contributed by atoms with Crippen LogP contribution >= 0.6 is 0 Å². The van der Waals surface area contributed by atoms with E-state index in [0.29, 0.717) is 0 Å². The second-order valence-electron chi connectivity index (χ2n) is 2.08. The monoisotopic (exact) mass is 145 g/mol. The second kappa shape index (κ2) is 7.03. The van der Waals surface area contributed by atoms with Gasteiger partial charge in [0, 0.05) is 6.61 Å². The van der Waals surface area contributed by atoms with Gasteiger partial charge in [0.15, 0.2) is 6.29 Å². The summed E-state index contributed by atoms with van der Waals surface area (Å²) in [6, 6.07) is 0. The zero-order valence-corrected chi connectivity index (χ0v) is 7.09. The van der Waals surface area contributed by atoms with Crippen LogP contribution in [0.5, 0.6) is 0 Å². The molecule has 0 saturated carbocycles. The fourth-order valence-corrected chi connectivity index (χ4v) is 0.654. The first kappa shape index (κ1) is 9.92. The molecule has 0 heterocycles. The van der Waals surface area contributed by atoms with Gasteiger partial charge in [0.05, 0.1) is 6.61 Å². The molecule has 10 heavy (non-hydrogen) atoms. The summed E-state index contributed by atoms with van der Waals surface area (Å²) in [4.78, 5) is 0. The maximum atomic E-state index is 5.33. The Labute approximate surface area is 63.5 Å². The summed E-state index contributed by atoms with van der Waals surface area (Å²) in [6.07, 6.45) is 1.92. The Morgan fingerprint density at radius 1 is 1.40 bits per heavy atom. The largest absolute Gasteiger partial charge is 0.353 e. The van der Waals surface area contributed by atoms with Gasteiger partial charge in [-0.15, -0.1) is 0 Å². The zero-order valence-electron chi connectivity index (χ0n) is 7.09. The van der Waals surface area contributed by atoms with Gasteiger partial charge in [0.2, 0.25) is 0 Å². The number of hydrogen-bond donors (Lipinski definition) is 0. The summed E-state index contributed by atoms with van der Waals surface area (Å²) >= 11 is 0. The molecule has 2 nitrogen and oxygen atoms in total. The fourth-order valence-electron chi connectivity index (χ4n) is 0.654. The van der Waals surface area contributed by atoms with E-state index in [0.717, 1.165) is 19.4 Å². The van der Waals surface area contributed by atoms with Crippen molar-refractivity contribution in [2.75, 3.05) is 6.61 Å². The van der Waals surface area contributed by atoms with E-state index in [9.17, 15) is 0 Å². The standard InChI is InChI=1S/C8H17O2/c1-4-7-10-8(5-2)9-6-3/h6,8H,4-5,7H2,1-3H3. The van der Waals surface area contributed by atoms with Gasteiger partial charge in [0.25, 0.3) is 0 Å². The van der Waals surface area contributed by atoms with Crippen LogP contribution in [0.25, 0.3) is 0 Å². The highest BCUT2D eigenvalue weighted by Gasteiger charge is 2.02. The highest BCUT2D eigenvalue weighted by atomic mass is 16.7. The van der Waals surface area contributed by atoms with Gasteiger partial charge < -0.3 is 9.47 Å². The van der Waals surface area contributed by atoms with Gasteiger partial charge in [-0.2, -0.15) is 0 Å². The summed E-state index contributed by atoms with van der Waals surface area (Å²) in [6.45, 7) is 8.44. The number of ether oxygens (including phenoxy) is 2. The van der Waals surface area contributed by atoms with Crippen molar-refractivity contribution in [3.63, 3.8) is 0 Å². The molecule has 0 aliphatic carbocycles. The first-order valence-corrected chi connectivity index (χ1v) is 3.90. The lowest BCUT2D eigenvalue weighted by Crippen LogP contribution is -2.14. The van der Waals surface area contributed by atoms with Gasteiger partial charge >= 0.3 is 0 Å². The summed E-state index contributed by atoms with van der Waals surface area (Å²) in [5.74, 6) is 0. The summed E-state index contributed by atoms with van der Waals surface area (Å²) < 4.78 is 10.5. The Morgan fingerprint density at radius 2 is 2.10 bits per heavy atom. The minimum Gasteiger partial charge on any atom is -0.353 e. The fraction of sp³-hybridized carbons (Fsp3) is 0.875. The van der Waals surface area contributed by atoms with Crippen LogP contribution in [-0.2, 0) is 9.47 Å². The molecule has 1 unspecified atom stereocenters. The molecule has 0 spiro atoms. The van der Waals surface area contributed by atoms with Crippen LogP contribution in [-0.4, -0.2) is 12.9 Å². The Kier molecular flexibility index (Phi) is 6.98. The van der Waals surface area contributed by atoms with Crippen LogP contribution in [0.4, 0.5) is 0 Å². The molecule has 0 fully saturated rings. The zero-order chi connectivity index (χ0) is 7.82. The predicted molar refractivity (Wildman–Crippen MR) is 41.4 cm³/mol. The van der Waals surface area contributed by atoms with E-state index >= 15 is 0 Å². The van der Waals surface area contributed by atoms with Crippen molar-refractivity contribution in [2.24, 2.45) is 0 Å². The van der Waals surface area contributed by atoms with Gasteiger partial charge in [0.1, 0.15) is 0 Å². The van der Waals surface area contributed by atoms with Crippen molar-refractivity contribution in [1.29, 1.82) is 0 Å². The summed E-state index contributed by atoms with van der Waals surface area (Å²) in [5, 5.41) is 0. The molecule has 0 saturated heterocycles. The average Bonchev–Trinajstić information content (AvgIpc) is 1.98. The van der Waals surface area contributed by atoms with Gasteiger partial charge in [-0.3, -0.25) is 0 Å². The van der Waals surface area contributed by atoms with Crippen LogP contribution in [0.15, 0.2) is 0 Å². The Morgan fingerprint density at radius 3 is 2.50 bits per heavy atom. The Hall–Kier alpha value is -0.0800. The lowest BCUT2D eigenvalue weighted by molar-refractivity contribution is -0.120. The molecule has 0 N–H and O–H groups in total.